The van der Waals surface area contributed by atoms with Crippen molar-refractivity contribution in [3.8, 4) is 22.3 Å². The van der Waals surface area contributed by atoms with Crippen LogP contribution in [-0.2, 0) is 39.9 Å². The number of ketones is 3. The predicted octanol–water partition coefficient (Wildman–Crippen LogP) is 5.17. The number of benzene rings is 2. The molecule has 17 heteroatoms. The Morgan fingerprint density at radius 3 is 2.22 bits per heavy atom. The number of Topliss-reactive ketones (excluding diaryl/α,β-unsaturated/α-hetero) is 3. The Kier molecular flexibility index (Phi) is 14.2. The fraction of sp³-hybridized carbons (Fsp3) is 0.447. The summed E-state index contributed by atoms with van der Waals surface area (Å²) in [5.41, 5.74) is 5.51. The average molecular weight is 894 g/mol. The van der Waals surface area contributed by atoms with Gasteiger partial charge in [0.1, 0.15) is 18.1 Å². The molecule has 64 heavy (non-hydrogen) atoms. The van der Waals surface area contributed by atoms with Crippen LogP contribution in [0, 0.1) is 5.41 Å². The van der Waals surface area contributed by atoms with Crippen LogP contribution in [0.5, 0.6) is 0 Å². The molecule has 3 fully saturated rings. The maximum atomic E-state index is 13.3. The Hall–Kier alpha value is -5.81. The van der Waals surface area contributed by atoms with Gasteiger partial charge in [-0.05, 0) is 55.4 Å². The maximum Gasteiger partial charge on any atom is 0.264 e. The van der Waals surface area contributed by atoms with Crippen molar-refractivity contribution >= 4 is 58.0 Å². The number of nitrogens with one attached hydrogen (secondary N) is 2. The van der Waals surface area contributed by atoms with Crippen molar-refractivity contribution in [1.82, 2.24) is 25.0 Å². The third-order valence-corrected chi connectivity index (χ3v) is 12.9. The summed E-state index contributed by atoms with van der Waals surface area (Å²) in [5.74, 6) is -1.40. The lowest BCUT2D eigenvalue weighted by Crippen LogP contribution is -2.47. The number of hydrogen-bond acceptors (Lipinski definition) is 13. The quantitative estimate of drug-likeness (QED) is 0.0713. The minimum Gasteiger partial charge on any atom is -0.382 e. The van der Waals surface area contributed by atoms with Crippen LogP contribution in [0.2, 0.25) is 5.02 Å². The van der Waals surface area contributed by atoms with Crippen molar-refractivity contribution in [2.24, 2.45) is 5.41 Å². The summed E-state index contributed by atoms with van der Waals surface area (Å²) >= 11 is 6.74. The van der Waals surface area contributed by atoms with Gasteiger partial charge in [-0.2, -0.15) is 5.10 Å². The lowest BCUT2D eigenvalue weighted by molar-refractivity contribution is -0.132. The molecular weight excluding hydrogens is 842 g/mol. The SMILES string of the molecule is O=C1CCC(N2C(=O)c3cccc(NCCOCCOCCOCCNC(=O)Cn4cc(-c5ccc(-c6cncc(Cl)c6N6CCC7(CCCC7=O)CC6)cc5)cn4)c3C2=O)C(=O)C1. The summed E-state index contributed by atoms with van der Waals surface area (Å²) in [5, 5.41) is 11.0. The van der Waals surface area contributed by atoms with Crippen LogP contribution >= 0.6 is 11.6 Å². The van der Waals surface area contributed by atoms with Gasteiger partial charge >= 0.3 is 0 Å². The van der Waals surface area contributed by atoms with Gasteiger partial charge in [0.15, 0.2) is 5.78 Å². The number of hydrogen-bond donors (Lipinski definition) is 2. The molecule has 0 radical (unpaired) electrons. The van der Waals surface area contributed by atoms with Gasteiger partial charge in [0, 0.05) is 79.8 Å². The highest BCUT2D eigenvalue weighted by molar-refractivity contribution is 6.34. The Balaban J connectivity index is 0.684. The minimum absolute atomic E-state index is 0.0631. The third-order valence-electron chi connectivity index (χ3n) is 12.6. The molecule has 2 saturated carbocycles. The molecule has 2 aromatic heterocycles. The Bertz CT molecular complexity index is 2400. The molecule has 2 aliphatic carbocycles. The summed E-state index contributed by atoms with van der Waals surface area (Å²) in [6.45, 7) is 4.37. The number of anilines is 2. The predicted molar refractivity (Wildman–Crippen MR) is 237 cm³/mol. The molecule has 4 aliphatic rings. The number of ether oxygens (including phenoxy) is 3. The first-order valence-electron chi connectivity index (χ1n) is 22.0. The Morgan fingerprint density at radius 1 is 0.781 bits per heavy atom. The number of aromatic nitrogens is 3. The zero-order valence-electron chi connectivity index (χ0n) is 35.7. The van der Waals surface area contributed by atoms with E-state index in [1.165, 1.54) is 0 Å². The van der Waals surface area contributed by atoms with Crippen molar-refractivity contribution in [2.75, 3.05) is 76.0 Å². The zero-order valence-corrected chi connectivity index (χ0v) is 36.4. The molecule has 2 aliphatic heterocycles. The van der Waals surface area contributed by atoms with E-state index >= 15 is 0 Å². The fourth-order valence-electron chi connectivity index (χ4n) is 9.21. The number of imide groups is 1. The van der Waals surface area contributed by atoms with E-state index in [4.69, 9.17) is 25.8 Å². The number of nitrogens with zero attached hydrogens (tertiary/aromatic N) is 5. The summed E-state index contributed by atoms with van der Waals surface area (Å²) < 4.78 is 18.4. The molecule has 4 heterocycles. The van der Waals surface area contributed by atoms with Crippen LogP contribution in [-0.4, -0.2) is 127 Å². The van der Waals surface area contributed by atoms with Crippen LogP contribution in [0.3, 0.4) is 0 Å². The average Bonchev–Trinajstić information content (AvgIpc) is 3.98. The Morgan fingerprint density at radius 2 is 1.50 bits per heavy atom. The van der Waals surface area contributed by atoms with Crippen molar-refractivity contribution in [3.05, 3.63) is 83.4 Å². The molecule has 2 N–H and O–H groups in total. The summed E-state index contributed by atoms with van der Waals surface area (Å²) in [7, 11) is 0. The van der Waals surface area contributed by atoms with Crippen molar-refractivity contribution < 1.29 is 43.0 Å². The van der Waals surface area contributed by atoms with Gasteiger partial charge in [-0.3, -0.25) is 43.3 Å². The van der Waals surface area contributed by atoms with Crippen LogP contribution in [0.25, 0.3) is 22.3 Å². The maximum absolute atomic E-state index is 13.3. The smallest absolute Gasteiger partial charge is 0.264 e. The Labute approximate surface area is 375 Å². The number of carbonyl (C=O) groups is 6. The van der Waals surface area contributed by atoms with Crippen LogP contribution in [0.4, 0.5) is 11.4 Å². The first-order chi connectivity index (χ1) is 31.1. The van der Waals surface area contributed by atoms with E-state index in [0.29, 0.717) is 75.6 Å². The molecule has 2 aromatic carbocycles. The molecule has 1 spiro atoms. The zero-order chi connectivity index (χ0) is 44.6. The molecule has 1 atom stereocenters. The van der Waals surface area contributed by atoms with Gasteiger partial charge in [0.05, 0.1) is 80.1 Å². The number of halogens is 1. The van der Waals surface area contributed by atoms with Crippen LogP contribution < -0.4 is 15.5 Å². The van der Waals surface area contributed by atoms with Crippen molar-refractivity contribution in [3.63, 3.8) is 0 Å². The van der Waals surface area contributed by atoms with E-state index in [1.807, 2.05) is 36.7 Å². The summed E-state index contributed by atoms with van der Waals surface area (Å²) in [6, 6.07) is 12.2. The lowest BCUT2D eigenvalue weighted by atomic mass is 9.76. The van der Waals surface area contributed by atoms with E-state index in [2.05, 4.69) is 25.6 Å². The normalized spacial score (nSPS) is 18.3. The topological polar surface area (TPSA) is 191 Å². The van der Waals surface area contributed by atoms with Gasteiger partial charge in [0.2, 0.25) is 5.91 Å². The highest BCUT2D eigenvalue weighted by atomic mass is 35.5. The van der Waals surface area contributed by atoms with E-state index in [9.17, 15) is 28.8 Å². The third kappa shape index (κ3) is 9.94. The number of amides is 3. The molecule has 1 unspecified atom stereocenters. The molecule has 1 saturated heterocycles. The first kappa shape index (κ1) is 44.8. The standard InChI is InChI=1S/C47H52ClN7O9/c48-37-28-49-27-36(44(37)53-17-13-47(14-18-53)12-2-5-41(47)58)32-8-6-31(7-9-32)33-26-52-54(29-33)30-42(59)51-16-20-63-22-24-64-23-21-62-19-15-50-38-4-1-3-35-43(38)46(61)55(45(35)60)39-11-10-34(56)25-40(39)57/h1,3-4,6-9,26-29,39,50H,2,5,10-25,30H2,(H,51,59). The van der Waals surface area contributed by atoms with Crippen molar-refractivity contribution in [1.29, 1.82) is 0 Å². The van der Waals surface area contributed by atoms with E-state index in [1.54, 1.807) is 35.3 Å². The van der Waals surface area contributed by atoms with Gasteiger partial charge in [0.25, 0.3) is 11.8 Å². The van der Waals surface area contributed by atoms with Gasteiger partial charge in [-0.25, -0.2) is 0 Å². The largest absolute Gasteiger partial charge is 0.382 e. The molecular formula is C47H52ClN7O9. The number of fused-ring (bicyclic) bond motifs is 1. The number of pyridine rings is 1. The van der Waals surface area contributed by atoms with Gasteiger partial charge in [-0.15, -0.1) is 0 Å². The van der Waals surface area contributed by atoms with Crippen molar-refractivity contribution in [2.45, 2.75) is 64.0 Å². The second-order valence-electron chi connectivity index (χ2n) is 16.6. The van der Waals surface area contributed by atoms with E-state index in [0.717, 1.165) is 71.6 Å². The molecule has 336 valence electrons. The highest BCUT2D eigenvalue weighted by Gasteiger charge is 2.46. The minimum atomic E-state index is -0.916. The van der Waals surface area contributed by atoms with Gasteiger partial charge < -0.3 is 29.7 Å². The number of carbonyl (C=O) groups excluding carboxylic acids is 6. The molecule has 0 bridgehead atoms. The highest BCUT2D eigenvalue weighted by Crippen LogP contribution is 2.46. The molecule has 3 amide bonds. The lowest BCUT2D eigenvalue weighted by Gasteiger charge is -2.40. The molecule has 8 rings (SSSR count). The second kappa shape index (κ2) is 20.4. The van der Waals surface area contributed by atoms with Crippen LogP contribution in [0.15, 0.2) is 67.3 Å². The monoisotopic (exact) mass is 893 g/mol. The van der Waals surface area contributed by atoms with Crippen LogP contribution in [0.1, 0.15) is 72.1 Å². The molecule has 16 nitrogen and oxygen atoms in total. The first-order valence-corrected chi connectivity index (χ1v) is 22.3. The fourth-order valence-corrected chi connectivity index (χ4v) is 9.49. The van der Waals surface area contributed by atoms with E-state index < -0.39 is 23.6 Å². The number of piperidine rings is 1. The number of rotatable bonds is 19. The summed E-state index contributed by atoms with van der Waals surface area (Å²) in [4.78, 5) is 83.4. The van der Waals surface area contributed by atoms with Gasteiger partial charge in [-0.1, -0.05) is 41.9 Å². The summed E-state index contributed by atoms with van der Waals surface area (Å²) in [6.07, 6.45) is 11.6. The van der Waals surface area contributed by atoms with E-state index in [-0.39, 0.29) is 54.0 Å². The molecule has 4 aromatic rings. The second-order valence-corrected chi connectivity index (χ2v) is 17.0.